The molecule has 1 heterocycles. The van der Waals surface area contributed by atoms with E-state index in [1.807, 2.05) is 12.1 Å². The fourth-order valence-electron chi connectivity index (χ4n) is 3.54. The first-order valence-corrected chi connectivity index (χ1v) is 10.2. The van der Waals surface area contributed by atoms with Crippen molar-refractivity contribution < 1.29 is 13.9 Å². The van der Waals surface area contributed by atoms with Crippen molar-refractivity contribution in [3.8, 4) is 0 Å². The van der Waals surface area contributed by atoms with Crippen molar-refractivity contribution in [1.29, 1.82) is 0 Å². The van der Waals surface area contributed by atoms with Crippen molar-refractivity contribution >= 4 is 35.8 Å². The Morgan fingerprint density at radius 1 is 1.16 bits per heavy atom. The highest BCUT2D eigenvalue weighted by Gasteiger charge is 2.25. The third-order valence-electron chi connectivity index (χ3n) is 5.12. The molecule has 8 heteroatoms. The molecule has 1 aliphatic rings. The van der Waals surface area contributed by atoms with Crippen molar-refractivity contribution in [2.45, 2.75) is 19.4 Å². The molecule has 31 heavy (non-hydrogen) atoms. The number of nitrogens with one attached hydrogen (secondary N) is 2. The Labute approximate surface area is 200 Å². The molecule has 168 valence electrons. The topological polar surface area (TPSA) is 66.0 Å². The van der Waals surface area contributed by atoms with Crippen molar-refractivity contribution in [3.63, 3.8) is 0 Å². The van der Waals surface area contributed by atoms with Crippen molar-refractivity contribution in [3.05, 3.63) is 71.0 Å². The van der Waals surface area contributed by atoms with Gasteiger partial charge in [-0.1, -0.05) is 36.4 Å². The second-order valence-electron chi connectivity index (χ2n) is 7.29. The molecule has 1 amide bonds. The van der Waals surface area contributed by atoms with Crippen LogP contribution in [0.1, 0.15) is 22.8 Å². The van der Waals surface area contributed by atoms with Crippen LogP contribution < -0.4 is 10.6 Å². The Balaban J connectivity index is 0.00000341. The molecule has 1 fully saturated rings. The maximum Gasteiger partial charge on any atom is 0.224 e. The van der Waals surface area contributed by atoms with Gasteiger partial charge < -0.3 is 20.3 Å². The third kappa shape index (κ3) is 7.46. The van der Waals surface area contributed by atoms with Crippen LogP contribution in [0.5, 0.6) is 0 Å². The normalized spacial score (nSPS) is 16.4. The summed E-state index contributed by atoms with van der Waals surface area (Å²) >= 11 is 0. The standard InChI is InChI=1S/C23H29FN4O2.HI/c1-17-5-3-4-6-20(17)21-16-28(13-14-30-21)23(25-2)27-12-11-26-22(29)15-18-7-9-19(24)10-8-18;/h3-10,21H,11-16H2,1-2H3,(H,25,27)(H,26,29);1H. The molecular formula is C23H30FIN4O2. The van der Waals surface area contributed by atoms with Gasteiger partial charge in [0, 0.05) is 26.7 Å². The fourth-order valence-corrected chi connectivity index (χ4v) is 3.54. The van der Waals surface area contributed by atoms with E-state index in [0.717, 1.165) is 24.6 Å². The minimum absolute atomic E-state index is 0. The van der Waals surface area contributed by atoms with Gasteiger partial charge >= 0.3 is 0 Å². The summed E-state index contributed by atoms with van der Waals surface area (Å²) < 4.78 is 18.9. The first-order valence-electron chi connectivity index (χ1n) is 10.2. The first kappa shape index (κ1) is 25.1. The Morgan fingerprint density at radius 3 is 2.58 bits per heavy atom. The van der Waals surface area contributed by atoms with E-state index < -0.39 is 0 Å². The van der Waals surface area contributed by atoms with Gasteiger partial charge in [0.2, 0.25) is 5.91 Å². The maximum absolute atomic E-state index is 12.9. The molecule has 1 saturated heterocycles. The zero-order valence-electron chi connectivity index (χ0n) is 17.9. The summed E-state index contributed by atoms with van der Waals surface area (Å²) in [6.07, 6.45) is 0.241. The lowest BCUT2D eigenvalue weighted by molar-refractivity contribution is -0.120. The molecule has 0 aliphatic carbocycles. The third-order valence-corrected chi connectivity index (χ3v) is 5.12. The van der Waals surface area contributed by atoms with E-state index in [1.54, 1.807) is 19.2 Å². The van der Waals surface area contributed by atoms with E-state index in [9.17, 15) is 9.18 Å². The lowest BCUT2D eigenvalue weighted by Crippen LogP contribution is -2.49. The molecule has 2 N–H and O–H groups in total. The molecule has 1 atom stereocenters. The van der Waals surface area contributed by atoms with Crippen LogP contribution in [0.4, 0.5) is 4.39 Å². The van der Waals surface area contributed by atoms with Gasteiger partial charge in [-0.3, -0.25) is 9.79 Å². The minimum Gasteiger partial charge on any atom is -0.370 e. The molecule has 0 saturated carbocycles. The van der Waals surface area contributed by atoms with Gasteiger partial charge in [-0.25, -0.2) is 4.39 Å². The number of hydrogen-bond acceptors (Lipinski definition) is 3. The number of carbonyl (C=O) groups is 1. The zero-order chi connectivity index (χ0) is 21.3. The Kier molecular flexibility index (Phi) is 10.2. The van der Waals surface area contributed by atoms with Gasteiger partial charge in [0.1, 0.15) is 11.9 Å². The predicted octanol–water partition coefficient (Wildman–Crippen LogP) is 3.06. The van der Waals surface area contributed by atoms with Gasteiger partial charge in [-0.05, 0) is 35.7 Å². The summed E-state index contributed by atoms with van der Waals surface area (Å²) in [5.74, 6) is 0.400. The zero-order valence-corrected chi connectivity index (χ0v) is 20.3. The van der Waals surface area contributed by atoms with Crippen molar-refractivity contribution in [1.82, 2.24) is 15.5 Å². The number of aryl methyl sites for hydroxylation is 1. The highest BCUT2D eigenvalue weighted by molar-refractivity contribution is 14.0. The number of amides is 1. The average molecular weight is 540 g/mol. The highest BCUT2D eigenvalue weighted by Crippen LogP contribution is 2.24. The summed E-state index contributed by atoms with van der Waals surface area (Å²) in [4.78, 5) is 18.6. The van der Waals surface area contributed by atoms with Crippen LogP contribution in [0.2, 0.25) is 0 Å². The number of ether oxygens (including phenoxy) is 1. The summed E-state index contributed by atoms with van der Waals surface area (Å²) in [5, 5.41) is 6.19. The first-order chi connectivity index (χ1) is 14.6. The summed E-state index contributed by atoms with van der Waals surface area (Å²) in [6.45, 7) is 5.26. The molecular weight excluding hydrogens is 510 g/mol. The Morgan fingerprint density at radius 2 is 1.87 bits per heavy atom. The Hall–Kier alpha value is -2.20. The van der Waals surface area contributed by atoms with E-state index in [1.165, 1.54) is 23.3 Å². The number of rotatable bonds is 6. The number of halogens is 2. The summed E-state index contributed by atoms with van der Waals surface area (Å²) in [6, 6.07) is 14.2. The van der Waals surface area contributed by atoms with Gasteiger partial charge in [0.15, 0.2) is 5.96 Å². The SMILES string of the molecule is CN=C(NCCNC(=O)Cc1ccc(F)cc1)N1CCOC(c2ccccc2C)C1.I. The van der Waals surface area contributed by atoms with Gasteiger partial charge in [-0.2, -0.15) is 0 Å². The van der Waals surface area contributed by atoms with E-state index >= 15 is 0 Å². The highest BCUT2D eigenvalue weighted by atomic mass is 127. The van der Waals surface area contributed by atoms with Crippen LogP contribution in [0.3, 0.4) is 0 Å². The smallest absolute Gasteiger partial charge is 0.224 e. The van der Waals surface area contributed by atoms with Crippen LogP contribution in [-0.2, 0) is 16.0 Å². The van der Waals surface area contributed by atoms with Crippen molar-refractivity contribution in [2.75, 3.05) is 39.8 Å². The fraction of sp³-hybridized carbons (Fsp3) is 0.391. The number of guanidine groups is 1. The molecule has 3 rings (SSSR count). The number of aliphatic imine (C=N–C) groups is 1. The number of morpholine rings is 1. The Bertz CT molecular complexity index is 876. The molecule has 0 bridgehead atoms. The molecule has 2 aromatic carbocycles. The van der Waals surface area contributed by atoms with E-state index in [-0.39, 0.29) is 48.2 Å². The van der Waals surface area contributed by atoms with Crippen LogP contribution in [0.25, 0.3) is 0 Å². The predicted molar refractivity (Wildman–Crippen MR) is 131 cm³/mol. The molecule has 2 aromatic rings. The largest absolute Gasteiger partial charge is 0.370 e. The monoisotopic (exact) mass is 540 g/mol. The molecule has 1 unspecified atom stereocenters. The summed E-state index contributed by atoms with van der Waals surface area (Å²) in [5.41, 5.74) is 3.20. The molecule has 0 radical (unpaired) electrons. The lowest BCUT2D eigenvalue weighted by atomic mass is 10.0. The quantitative estimate of drug-likeness (QED) is 0.256. The lowest BCUT2D eigenvalue weighted by Gasteiger charge is -2.35. The van der Waals surface area contributed by atoms with E-state index in [4.69, 9.17) is 4.74 Å². The summed E-state index contributed by atoms with van der Waals surface area (Å²) in [7, 11) is 1.76. The van der Waals surface area contributed by atoms with Gasteiger partial charge in [0.25, 0.3) is 0 Å². The van der Waals surface area contributed by atoms with Crippen LogP contribution in [-0.4, -0.2) is 56.6 Å². The maximum atomic E-state index is 12.9. The number of carbonyl (C=O) groups excluding carboxylic acids is 1. The van der Waals surface area contributed by atoms with Gasteiger partial charge in [0.05, 0.1) is 19.6 Å². The molecule has 0 spiro atoms. The van der Waals surface area contributed by atoms with Crippen LogP contribution >= 0.6 is 24.0 Å². The van der Waals surface area contributed by atoms with E-state index in [2.05, 4.69) is 39.6 Å². The van der Waals surface area contributed by atoms with Crippen LogP contribution in [0.15, 0.2) is 53.5 Å². The van der Waals surface area contributed by atoms with Crippen molar-refractivity contribution in [2.24, 2.45) is 4.99 Å². The number of benzene rings is 2. The second kappa shape index (κ2) is 12.6. The van der Waals surface area contributed by atoms with Crippen LogP contribution in [0, 0.1) is 12.7 Å². The average Bonchev–Trinajstić information content (AvgIpc) is 2.76. The molecule has 6 nitrogen and oxygen atoms in total. The number of nitrogens with zero attached hydrogens (tertiary/aromatic N) is 2. The second-order valence-corrected chi connectivity index (χ2v) is 7.29. The van der Waals surface area contributed by atoms with Gasteiger partial charge in [-0.15, -0.1) is 24.0 Å². The van der Waals surface area contributed by atoms with E-state index in [0.29, 0.717) is 19.7 Å². The molecule has 0 aromatic heterocycles. The number of hydrogen-bond donors (Lipinski definition) is 2. The molecule has 1 aliphatic heterocycles. The minimum atomic E-state index is -0.303.